The predicted molar refractivity (Wildman–Crippen MR) is 129 cm³/mol. The Morgan fingerprint density at radius 2 is 1.67 bits per heavy atom. The Labute approximate surface area is 197 Å². The lowest BCUT2D eigenvalue weighted by molar-refractivity contribution is -0.116. The van der Waals surface area contributed by atoms with Crippen LogP contribution in [0, 0.1) is 5.92 Å². The quantitative estimate of drug-likeness (QED) is 0.363. The minimum atomic E-state index is -1.01. The van der Waals surface area contributed by atoms with Crippen LogP contribution in [0.2, 0.25) is 0 Å². The second-order valence-electron chi connectivity index (χ2n) is 9.10. The third kappa shape index (κ3) is 8.56. The van der Waals surface area contributed by atoms with Gasteiger partial charge in [0.2, 0.25) is 0 Å². The molecule has 0 aliphatic heterocycles. The number of carboxylic acids is 1. The Hall–Kier alpha value is -2.82. The number of carbonyl (C=O) groups is 2. The summed E-state index contributed by atoms with van der Waals surface area (Å²) in [5.74, 6) is 1.36. The number of carbonyl (C=O) groups excluding carboxylic acids is 1. The van der Waals surface area contributed by atoms with Crippen molar-refractivity contribution >= 4 is 11.8 Å². The van der Waals surface area contributed by atoms with E-state index in [0.717, 1.165) is 37.5 Å². The molecule has 0 bridgehead atoms. The first kappa shape index (κ1) is 24.8. The van der Waals surface area contributed by atoms with Crippen molar-refractivity contribution in [1.82, 2.24) is 0 Å². The van der Waals surface area contributed by atoms with Crippen LogP contribution in [0.4, 0.5) is 0 Å². The molecule has 178 valence electrons. The molecule has 2 aromatic rings. The zero-order valence-electron chi connectivity index (χ0n) is 19.7. The Morgan fingerprint density at radius 3 is 2.36 bits per heavy atom. The van der Waals surface area contributed by atoms with E-state index in [4.69, 9.17) is 9.47 Å². The maximum atomic E-state index is 11.5. The van der Waals surface area contributed by atoms with Crippen molar-refractivity contribution in [3.8, 4) is 11.5 Å². The van der Waals surface area contributed by atoms with Gasteiger partial charge in [-0.3, -0.25) is 4.79 Å². The first-order chi connectivity index (χ1) is 16.0. The second kappa shape index (κ2) is 13.0. The molecule has 5 heteroatoms. The van der Waals surface area contributed by atoms with Crippen molar-refractivity contribution in [2.45, 2.75) is 71.1 Å². The summed E-state index contributed by atoms with van der Waals surface area (Å²) in [5.41, 5.74) is 2.00. The molecule has 2 aromatic carbocycles. The van der Waals surface area contributed by atoms with E-state index in [9.17, 15) is 14.7 Å². The number of ketones is 1. The van der Waals surface area contributed by atoms with Gasteiger partial charge in [-0.1, -0.05) is 44.2 Å². The molecule has 1 N–H and O–H groups in total. The van der Waals surface area contributed by atoms with E-state index in [1.54, 1.807) is 6.07 Å². The van der Waals surface area contributed by atoms with E-state index < -0.39 is 5.97 Å². The zero-order chi connectivity index (χ0) is 23.5. The summed E-state index contributed by atoms with van der Waals surface area (Å²) in [4.78, 5) is 22.7. The van der Waals surface area contributed by atoms with E-state index in [1.165, 1.54) is 63.1 Å². The maximum Gasteiger partial charge on any atom is 0.335 e. The average Bonchev–Trinajstić information content (AvgIpc) is 2.81. The van der Waals surface area contributed by atoms with Crippen LogP contribution < -0.4 is 9.47 Å². The van der Waals surface area contributed by atoms with Gasteiger partial charge in [0.25, 0.3) is 0 Å². The monoisotopic (exact) mass is 452 g/mol. The van der Waals surface area contributed by atoms with Crippen LogP contribution in [0.1, 0.15) is 79.8 Å². The van der Waals surface area contributed by atoms with Gasteiger partial charge in [-0.2, -0.15) is 0 Å². The lowest BCUT2D eigenvalue weighted by Gasteiger charge is -2.21. The molecule has 0 saturated heterocycles. The number of Topliss-reactive ketones (excluding diaryl/α,β-unsaturated/α-hetero) is 1. The van der Waals surface area contributed by atoms with E-state index in [1.807, 2.05) is 12.1 Å². The molecule has 0 atom stereocenters. The molecule has 0 aromatic heterocycles. The number of hydrogen-bond donors (Lipinski definition) is 1. The molecular weight excluding hydrogens is 416 g/mol. The number of ether oxygens (including phenoxy) is 2. The summed E-state index contributed by atoms with van der Waals surface area (Å²) in [6.07, 6.45) is 11.3. The van der Waals surface area contributed by atoms with Gasteiger partial charge in [0.05, 0.1) is 18.8 Å². The highest BCUT2D eigenvalue weighted by Crippen LogP contribution is 2.27. The molecule has 0 amide bonds. The fourth-order valence-electron chi connectivity index (χ4n) is 4.51. The second-order valence-corrected chi connectivity index (χ2v) is 9.10. The minimum absolute atomic E-state index is 0.0290. The van der Waals surface area contributed by atoms with Gasteiger partial charge < -0.3 is 14.6 Å². The fourth-order valence-corrected chi connectivity index (χ4v) is 4.51. The van der Waals surface area contributed by atoms with Crippen molar-refractivity contribution in [3.05, 3.63) is 59.2 Å². The highest BCUT2D eigenvalue weighted by molar-refractivity contribution is 5.89. The molecule has 0 unspecified atom stereocenters. The van der Waals surface area contributed by atoms with Crippen LogP contribution in [0.3, 0.4) is 0 Å². The highest BCUT2D eigenvalue weighted by atomic mass is 16.5. The number of benzene rings is 2. The van der Waals surface area contributed by atoms with Gasteiger partial charge in [0, 0.05) is 12.0 Å². The van der Waals surface area contributed by atoms with Crippen LogP contribution in [-0.4, -0.2) is 30.1 Å². The molecule has 33 heavy (non-hydrogen) atoms. The first-order valence-electron chi connectivity index (χ1n) is 12.2. The number of rotatable bonds is 13. The summed E-state index contributed by atoms with van der Waals surface area (Å²) >= 11 is 0. The Morgan fingerprint density at radius 1 is 0.939 bits per heavy atom. The van der Waals surface area contributed by atoms with E-state index >= 15 is 0 Å². The minimum Gasteiger partial charge on any atom is -0.494 e. The van der Waals surface area contributed by atoms with Gasteiger partial charge in [-0.25, -0.2) is 4.79 Å². The van der Waals surface area contributed by atoms with Crippen LogP contribution in [-0.2, 0) is 17.6 Å². The summed E-state index contributed by atoms with van der Waals surface area (Å²) in [6.45, 7) is 2.77. The number of hydrogen-bond acceptors (Lipinski definition) is 4. The summed E-state index contributed by atoms with van der Waals surface area (Å²) < 4.78 is 11.8. The van der Waals surface area contributed by atoms with Crippen molar-refractivity contribution in [3.63, 3.8) is 0 Å². The fraction of sp³-hybridized carbons (Fsp3) is 0.500. The van der Waals surface area contributed by atoms with Gasteiger partial charge in [-0.05, 0) is 74.4 Å². The molecule has 5 nitrogen and oxygen atoms in total. The molecule has 3 rings (SSSR count). The van der Waals surface area contributed by atoms with Crippen molar-refractivity contribution < 1.29 is 24.2 Å². The molecule has 1 aliphatic rings. The largest absolute Gasteiger partial charge is 0.494 e. The number of aryl methyl sites for hydroxylation is 1. The summed E-state index contributed by atoms with van der Waals surface area (Å²) in [5, 5.41) is 9.17. The normalized spacial score (nSPS) is 14.1. The molecule has 0 radical (unpaired) electrons. The van der Waals surface area contributed by atoms with Gasteiger partial charge >= 0.3 is 5.97 Å². The van der Waals surface area contributed by atoms with Crippen LogP contribution in [0.25, 0.3) is 0 Å². The number of carboxylic acid groups (broad SMARTS) is 1. The molecule has 1 aliphatic carbocycles. The Balaban J connectivity index is 1.38. The van der Waals surface area contributed by atoms with Crippen molar-refractivity contribution in [2.24, 2.45) is 5.92 Å². The van der Waals surface area contributed by atoms with Gasteiger partial charge in [-0.15, -0.1) is 0 Å². The van der Waals surface area contributed by atoms with E-state index in [-0.39, 0.29) is 17.8 Å². The Kier molecular flexibility index (Phi) is 9.79. The molecule has 0 spiro atoms. The summed E-state index contributed by atoms with van der Waals surface area (Å²) in [7, 11) is 0. The molecular formula is C28H36O5. The van der Waals surface area contributed by atoms with Gasteiger partial charge in [0.1, 0.15) is 17.3 Å². The van der Waals surface area contributed by atoms with E-state index in [2.05, 4.69) is 12.1 Å². The predicted octanol–water partition coefficient (Wildman–Crippen LogP) is 6.27. The third-order valence-electron chi connectivity index (χ3n) is 6.29. The highest BCUT2D eigenvalue weighted by Gasteiger charge is 2.13. The van der Waals surface area contributed by atoms with Crippen molar-refractivity contribution in [1.29, 1.82) is 0 Å². The molecule has 0 heterocycles. The van der Waals surface area contributed by atoms with Crippen molar-refractivity contribution in [2.75, 3.05) is 13.2 Å². The lowest BCUT2D eigenvalue weighted by atomic mass is 9.86. The SMILES string of the molecule is CC(=O)Cc1cc(C(=O)O)ccc1OCCCc1ccc(OCCCC2CCCCC2)cc1. The zero-order valence-corrected chi connectivity index (χ0v) is 19.7. The van der Waals surface area contributed by atoms with Gasteiger partial charge in [0.15, 0.2) is 0 Å². The first-order valence-corrected chi connectivity index (χ1v) is 12.2. The molecule has 1 fully saturated rings. The number of aromatic carboxylic acids is 1. The Bertz CT molecular complexity index is 897. The van der Waals surface area contributed by atoms with E-state index in [0.29, 0.717) is 17.9 Å². The maximum absolute atomic E-state index is 11.5. The van der Waals surface area contributed by atoms with Crippen LogP contribution in [0.15, 0.2) is 42.5 Å². The van der Waals surface area contributed by atoms with Crippen LogP contribution in [0.5, 0.6) is 11.5 Å². The van der Waals surface area contributed by atoms with Crippen LogP contribution >= 0.6 is 0 Å². The molecule has 1 saturated carbocycles. The lowest BCUT2D eigenvalue weighted by Crippen LogP contribution is -2.08. The average molecular weight is 453 g/mol. The smallest absolute Gasteiger partial charge is 0.335 e. The topological polar surface area (TPSA) is 72.8 Å². The standard InChI is InChI=1S/C28H36O5/c1-21(29)19-25-20-24(28(30)31)13-16-27(25)33-18-6-10-23-11-14-26(15-12-23)32-17-5-9-22-7-3-2-4-8-22/h11-16,20,22H,2-10,17-19H2,1H3,(H,30,31). The summed E-state index contributed by atoms with van der Waals surface area (Å²) in [6, 6.07) is 12.9. The third-order valence-corrected chi connectivity index (χ3v) is 6.29.